The number of fused-ring (bicyclic) bond motifs is 3. The van der Waals surface area contributed by atoms with Crippen LogP contribution in [0.1, 0.15) is 13.3 Å². The summed E-state index contributed by atoms with van der Waals surface area (Å²) in [5.74, 6) is 0.959. The molecular formula is C16H16N2. The van der Waals surface area contributed by atoms with Gasteiger partial charge in [0, 0.05) is 17.3 Å². The van der Waals surface area contributed by atoms with Crippen molar-refractivity contribution in [1.82, 2.24) is 4.98 Å². The number of benzene rings is 2. The van der Waals surface area contributed by atoms with Crippen LogP contribution in [0.5, 0.6) is 0 Å². The standard InChI is InChI=1S/C16H16N2/c1-2-11-17-15-10-9-13-8-7-12-5-3-4-6-14(12)16(13)18-15/h3-10H,2,11H2,1H3,(H,17,18). The third kappa shape index (κ3) is 1.90. The lowest BCUT2D eigenvalue weighted by atomic mass is 10.1. The van der Waals surface area contributed by atoms with E-state index in [1.807, 2.05) is 6.07 Å². The van der Waals surface area contributed by atoms with E-state index in [-0.39, 0.29) is 0 Å². The quantitative estimate of drug-likeness (QED) is 0.689. The van der Waals surface area contributed by atoms with Crippen LogP contribution in [0.4, 0.5) is 5.82 Å². The second kappa shape index (κ2) is 4.65. The molecule has 0 atom stereocenters. The van der Waals surface area contributed by atoms with Crippen LogP contribution in [-0.2, 0) is 0 Å². The molecule has 3 rings (SSSR count). The van der Waals surface area contributed by atoms with E-state index in [9.17, 15) is 0 Å². The maximum Gasteiger partial charge on any atom is 0.126 e. The minimum absolute atomic E-state index is 0.959. The Morgan fingerprint density at radius 3 is 2.61 bits per heavy atom. The summed E-state index contributed by atoms with van der Waals surface area (Å²) in [6, 6.07) is 16.9. The van der Waals surface area contributed by atoms with Gasteiger partial charge in [-0.1, -0.05) is 43.3 Å². The molecular weight excluding hydrogens is 220 g/mol. The van der Waals surface area contributed by atoms with E-state index in [0.29, 0.717) is 0 Å². The van der Waals surface area contributed by atoms with Crippen molar-refractivity contribution in [2.24, 2.45) is 0 Å². The molecule has 1 heterocycles. The van der Waals surface area contributed by atoms with Gasteiger partial charge in [0.25, 0.3) is 0 Å². The van der Waals surface area contributed by atoms with Gasteiger partial charge >= 0.3 is 0 Å². The zero-order chi connectivity index (χ0) is 12.4. The number of pyridine rings is 1. The summed E-state index contributed by atoms with van der Waals surface area (Å²) in [6.07, 6.45) is 1.11. The largest absolute Gasteiger partial charge is 0.370 e. The van der Waals surface area contributed by atoms with Crippen molar-refractivity contribution in [3.05, 3.63) is 48.5 Å². The molecule has 2 aromatic carbocycles. The van der Waals surface area contributed by atoms with Crippen LogP contribution in [0.15, 0.2) is 48.5 Å². The highest BCUT2D eigenvalue weighted by Crippen LogP contribution is 2.24. The summed E-state index contributed by atoms with van der Waals surface area (Å²) in [6.45, 7) is 3.12. The van der Waals surface area contributed by atoms with Crippen molar-refractivity contribution in [2.45, 2.75) is 13.3 Å². The number of hydrogen-bond acceptors (Lipinski definition) is 2. The van der Waals surface area contributed by atoms with Crippen LogP contribution in [-0.4, -0.2) is 11.5 Å². The molecule has 1 aromatic heterocycles. The molecule has 0 bridgehead atoms. The summed E-state index contributed by atoms with van der Waals surface area (Å²) in [5.41, 5.74) is 1.08. The smallest absolute Gasteiger partial charge is 0.126 e. The molecule has 0 radical (unpaired) electrons. The second-order valence-corrected chi connectivity index (χ2v) is 4.48. The summed E-state index contributed by atoms with van der Waals surface area (Å²) in [4.78, 5) is 4.73. The van der Waals surface area contributed by atoms with E-state index >= 15 is 0 Å². The SMILES string of the molecule is CCCNc1ccc2ccc3ccccc3c2n1. The number of anilines is 1. The van der Waals surface area contributed by atoms with Crippen molar-refractivity contribution in [3.63, 3.8) is 0 Å². The predicted octanol–water partition coefficient (Wildman–Crippen LogP) is 4.21. The van der Waals surface area contributed by atoms with E-state index in [1.165, 1.54) is 16.2 Å². The first-order chi connectivity index (χ1) is 8.88. The number of aromatic nitrogens is 1. The van der Waals surface area contributed by atoms with E-state index in [0.717, 1.165) is 24.3 Å². The summed E-state index contributed by atoms with van der Waals surface area (Å²) >= 11 is 0. The number of nitrogens with zero attached hydrogens (tertiary/aromatic N) is 1. The molecule has 0 amide bonds. The van der Waals surface area contributed by atoms with Crippen LogP contribution < -0.4 is 5.32 Å². The highest BCUT2D eigenvalue weighted by atomic mass is 15.0. The van der Waals surface area contributed by atoms with Gasteiger partial charge in [-0.2, -0.15) is 0 Å². The molecule has 1 N–H and O–H groups in total. The number of hydrogen-bond donors (Lipinski definition) is 1. The molecule has 0 aliphatic heterocycles. The van der Waals surface area contributed by atoms with Gasteiger partial charge < -0.3 is 5.32 Å². The molecule has 2 nitrogen and oxygen atoms in total. The van der Waals surface area contributed by atoms with Gasteiger partial charge in [-0.25, -0.2) is 4.98 Å². The Hall–Kier alpha value is -2.09. The van der Waals surface area contributed by atoms with Gasteiger partial charge in [-0.15, -0.1) is 0 Å². The third-order valence-electron chi connectivity index (χ3n) is 3.14. The fourth-order valence-corrected chi connectivity index (χ4v) is 2.21. The van der Waals surface area contributed by atoms with Gasteiger partial charge in [0.05, 0.1) is 5.52 Å². The monoisotopic (exact) mass is 236 g/mol. The molecule has 0 unspecified atom stereocenters. The van der Waals surface area contributed by atoms with Gasteiger partial charge in [0.15, 0.2) is 0 Å². The zero-order valence-electron chi connectivity index (χ0n) is 10.5. The Morgan fingerprint density at radius 2 is 1.72 bits per heavy atom. The van der Waals surface area contributed by atoms with Crippen LogP contribution in [0, 0.1) is 0 Å². The van der Waals surface area contributed by atoms with Crippen molar-refractivity contribution in [1.29, 1.82) is 0 Å². The van der Waals surface area contributed by atoms with E-state index in [2.05, 4.69) is 54.7 Å². The zero-order valence-corrected chi connectivity index (χ0v) is 10.5. The molecule has 0 aliphatic carbocycles. The van der Waals surface area contributed by atoms with Crippen LogP contribution in [0.3, 0.4) is 0 Å². The highest BCUT2D eigenvalue weighted by molar-refractivity contribution is 6.05. The maximum absolute atomic E-state index is 4.73. The lowest BCUT2D eigenvalue weighted by molar-refractivity contribution is 0.972. The van der Waals surface area contributed by atoms with Crippen LogP contribution >= 0.6 is 0 Å². The van der Waals surface area contributed by atoms with Crippen molar-refractivity contribution < 1.29 is 0 Å². The highest BCUT2D eigenvalue weighted by Gasteiger charge is 2.02. The lowest BCUT2D eigenvalue weighted by Crippen LogP contribution is -2.01. The third-order valence-corrected chi connectivity index (χ3v) is 3.14. The first kappa shape index (κ1) is 11.0. The molecule has 2 heteroatoms. The van der Waals surface area contributed by atoms with Gasteiger partial charge in [-0.05, 0) is 23.9 Å². The second-order valence-electron chi connectivity index (χ2n) is 4.48. The molecule has 18 heavy (non-hydrogen) atoms. The van der Waals surface area contributed by atoms with E-state index < -0.39 is 0 Å². The maximum atomic E-state index is 4.73. The summed E-state index contributed by atoms with van der Waals surface area (Å²) in [7, 11) is 0. The Morgan fingerprint density at radius 1 is 0.944 bits per heavy atom. The summed E-state index contributed by atoms with van der Waals surface area (Å²) in [5, 5.41) is 6.99. The number of nitrogens with one attached hydrogen (secondary N) is 1. The molecule has 0 saturated carbocycles. The first-order valence-corrected chi connectivity index (χ1v) is 6.41. The van der Waals surface area contributed by atoms with E-state index in [1.54, 1.807) is 0 Å². The average Bonchev–Trinajstić information content (AvgIpc) is 2.45. The predicted molar refractivity (Wildman–Crippen MR) is 78.0 cm³/mol. The first-order valence-electron chi connectivity index (χ1n) is 6.41. The van der Waals surface area contributed by atoms with Crippen LogP contribution in [0.25, 0.3) is 21.7 Å². The fraction of sp³-hybridized carbons (Fsp3) is 0.188. The Balaban J connectivity index is 2.20. The van der Waals surface area contributed by atoms with Gasteiger partial charge in [-0.3, -0.25) is 0 Å². The Bertz CT molecular complexity index is 689. The summed E-state index contributed by atoms with van der Waals surface area (Å²) < 4.78 is 0. The van der Waals surface area contributed by atoms with Crippen molar-refractivity contribution in [3.8, 4) is 0 Å². The van der Waals surface area contributed by atoms with Gasteiger partial charge in [0.2, 0.25) is 0 Å². The number of rotatable bonds is 3. The molecule has 0 fully saturated rings. The van der Waals surface area contributed by atoms with Crippen molar-refractivity contribution >= 4 is 27.5 Å². The molecule has 0 spiro atoms. The van der Waals surface area contributed by atoms with E-state index in [4.69, 9.17) is 4.98 Å². The lowest BCUT2D eigenvalue weighted by Gasteiger charge is -2.07. The normalized spacial score (nSPS) is 10.9. The Labute approximate surface area is 107 Å². The molecule has 3 aromatic rings. The average molecular weight is 236 g/mol. The topological polar surface area (TPSA) is 24.9 Å². The minimum Gasteiger partial charge on any atom is -0.370 e. The molecule has 0 saturated heterocycles. The van der Waals surface area contributed by atoms with Crippen molar-refractivity contribution in [2.75, 3.05) is 11.9 Å². The minimum atomic E-state index is 0.959. The molecule has 0 aliphatic rings. The fourth-order valence-electron chi connectivity index (χ4n) is 2.21. The Kier molecular flexibility index (Phi) is 2.85. The molecule has 90 valence electrons. The van der Waals surface area contributed by atoms with Crippen LogP contribution in [0.2, 0.25) is 0 Å². The van der Waals surface area contributed by atoms with Gasteiger partial charge in [0.1, 0.15) is 5.82 Å².